The summed E-state index contributed by atoms with van der Waals surface area (Å²) >= 11 is 0. The Labute approximate surface area is 161 Å². The van der Waals surface area contributed by atoms with Gasteiger partial charge >= 0.3 is 5.97 Å². The molecule has 0 aromatic carbocycles. The standard InChI is InChI=1S/C18H30N4O3.ClH/c1-12(2)10-16(18(24)25-13(3)4)20-17(23)15-7-9-22(21-15)14-6-5-8-19-11-14;/h7,9,12-14,16,19H,5-6,8,10-11H2,1-4H3,(H,20,23);1H/t14?,16-;/m0./s1. The zero-order chi connectivity index (χ0) is 18.4. The van der Waals surface area contributed by atoms with Crippen molar-refractivity contribution >= 4 is 24.3 Å². The summed E-state index contributed by atoms with van der Waals surface area (Å²) in [6, 6.07) is 1.31. The van der Waals surface area contributed by atoms with Crippen molar-refractivity contribution in [2.75, 3.05) is 13.1 Å². The number of nitrogens with one attached hydrogen (secondary N) is 2. The van der Waals surface area contributed by atoms with Crippen molar-refractivity contribution in [2.24, 2.45) is 5.92 Å². The molecule has 1 aromatic heterocycles. The Bertz CT molecular complexity index is 583. The number of amides is 1. The van der Waals surface area contributed by atoms with Gasteiger partial charge in [-0.05, 0) is 51.6 Å². The second kappa shape index (κ2) is 10.5. The van der Waals surface area contributed by atoms with Crippen molar-refractivity contribution in [2.45, 2.75) is 65.1 Å². The van der Waals surface area contributed by atoms with Crippen LogP contribution in [0, 0.1) is 5.92 Å². The van der Waals surface area contributed by atoms with Gasteiger partial charge < -0.3 is 15.4 Å². The lowest BCUT2D eigenvalue weighted by Crippen LogP contribution is -2.43. The highest BCUT2D eigenvalue weighted by atomic mass is 35.5. The van der Waals surface area contributed by atoms with Crippen LogP contribution < -0.4 is 10.6 Å². The Balaban J connectivity index is 0.00000338. The molecule has 26 heavy (non-hydrogen) atoms. The second-order valence-electron chi connectivity index (χ2n) is 7.32. The molecule has 0 saturated carbocycles. The molecule has 2 heterocycles. The Morgan fingerprint density at radius 2 is 2.12 bits per heavy atom. The van der Waals surface area contributed by atoms with Crippen LogP contribution in [0.5, 0.6) is 0 Å². The minimum absolute atomic E-state index is 0. The van der Waals surface area contributed by atoms with Gasteiger partial charge in [-0.15, -0.1) is 12.4 Å². The number of hydrogen-bond donors (Lipinski definition) is 2. The summed E-state index contributed by atoms with van der Waals surface area (Å²) in [5.74, 6) is -0.474. The van der Waals surface area contributed by atoms with Crippen molar-refractivity contribution < 1.29 is 14.3 Å². The number of ether oxygens (including phenoxy) is 1. The summed E-state index contributed by atoms with van der Waals surface area (Å²) in [6.07, 6.45) is 4.30. The summed E-state index contributed by atoms with van der Waals surface area (Å²) in [6.45, 7) is 9.50. The number of nitrogens with zero attached hydrogens (tertiary/aromatic N) is 2. The first kappa shape index (κ1) is 22.4. The van der Waals surface area contributed by atoms with Crippen LogP contribution in [-0.4, -0.2) is 46.9 Å². The van der Waals surface area contributed by atoms with Crippen LogP contribution in [0.1, 0.15) is 63.5 Å². The molecule has 148 valence electrons. The number of piperidine rings is 1. The molecule has 1 aromatic rings. The molecule has 1 amide bonds. The average molecular weight is 387 g/mol. The van der Waals surface area contributed by atoms with Gasteiger partial charge in [0.15, 0.2) is 0 Å². The molecule has 1 fully saturated rings. The highest BCUT2D eigenvalue weighted by Crippen LogP contribution is 2.16. The van der Waals surface area contributed by atoms with Gasteiger partial charge in [0.1, 0.15) is 11.7 Å². The number of rotatable bonds is 7. The van der Waals surface area contributed by atoms with E-state index in [1.165, 1.54) is 0 Å². The Kier molecular flexibility index (Phi) is 9.08. The summed E-state index contributed by atoms with van der Waals surface area (Å²) in [5.41, 5.74) is 0.330. The second-order valence-corrected chi connectivity index (χ2v) is 7.32. The molecular weight excluding hydrogens is 356 g/mol. The van der Waals surface area contributed by atoms with Crippen molar-refractivity contribution in [3.8, 4) is 0 Å². The van der Waals surface area contributed by atoms with Gasteiger partial charge in [-0.2, -0.15) is 5.10 Å². The Morgan fingerprint density at radius 1 is 1.38 bits per heavy atom. The lowest BCUT2D eigenvalue weighted by Gasteiger charge is -2.23. The zero-order valence-corrected chi connectivity index (χ0v) is 16.8. The number of carbonyl (C=O) groups excluding carboxylic acids is 2. The van der Waals surface area contributed by atoms with Gasteiger partial charge in [0.2, 0.25) is 0 Å². The van der Waals surface area contributed by atoms with E-state index in [0.717, 1.165) is 25.9 Å². The monoisotopic (exact) mass is 386 g/mol. The molecule has 0 bridgehead atoms. The summed E-state index contributed by atoms with van der Waals surface area (Å²) in [7, 11) is 0. The van der Waals surface area contributed by atoms with E-state index < -0.39 is 12.0 Å². The first-order chi connectivity index (χ1) is 11.9. The number of halogens is 1. The van der Waals surface area contributed by atoms with Gasteiger partial charge in [0.05, 0.1) is 12.1 Å². The SMILES string of the molecule is CC(C)C[C@H](NC(=O)c1ccn(C2CCCNC2)n1)C(=O)OC(C)C.Cl. The quantitative estimate of drug-likeness (QED) is 0.702. The maximum Gasteiger partial charge on any atom is 0.328 e. The fourth-order valence-electron chi connectivity index (χ4n) is 2.95. The fourth-order valence-corrected chi connectivity index (χ4v) is 2.95. The molecule has 0 radical (unpaired) electrons. The number of aromatic nitrogens is 2. The molecule has 8 heteroatoms. The molecule has 0 aliphatic carbocycles. The zero-order valence-electron chi connectivity index (χ0n) is 16.0. The minimum Gasteiger partial charge on any atom is -0.461 e. The van der Waals surface area contributed by atoms with Gasteiger partial charge in [0, 0.05) is 12.7 Å². The fraction of sp³-hybridized carbons (Fsp3) is 0.722. The molecule has 2 rings (SSSR count). The van der Waals surface area contributed by atoms with Crippen LogP contribution in [0.3, 0.4) is 0 Å². The van der Waals surface area contributed by atoms with Crippen LogP contribution in [0.4, 0.5) is 0 Å². The number of carbonyl (C=O) groups is 2. The van der Waals surface area contributed by atoms with Gasteiger partial charge in [0.25, 0.3) is 5.91 Å². The average Bonchev–Trinajstić information content (AvgIpc) is 3.04. The lowest BCUT2D eigenvalue weighted by atomic mass is 10.0. The van der Waals surface area contributed by atoms with Crippen molar-refractivity contribution in [3.05, 3.63) is 18.0 Å². The molecular formula is C18H31ClN4O3. The largest absolute Gasteiger partial charge is 0.461 e. The third kappa shape index (κ3) is 6.61. The van der Waals surface area contributed by atoms with Crippen LogP contribution in [0.2, 0.25) is 0 Å². The molecule has 1 aliphatic heterocycles. The number of esters is 1. The lowest BCUT2D eigenvalue weighted by molar-refractivity contribution is -0.150. The molecule has 0 spiro atoms. The van der Waals surface area contributed by atoms with Gasteiger partial charge in [-0.3, -0.25) is 9.48 Å². The molecule has 7 nitrogen and oxygen atoms in total. The van der Waals surface area contributed by atoms with E-state index in [0.29, 0.717) is 12.1 Å². The van der Waals surface area contributed by atoms with E-state index in [9.17, 15) is 9.59 Å². The molecule has 1 unspecified atom stereocenters. The van der Waals surface area contributed by atoms with Gasteiger partial charge in [-0.1, -0.05) is 13.8 Å². The maximum absolute atomic E-state index is 12.5. The van der Waals surface area contributed by atoms with E-state index in [1.807, 2.05) is 24.7 Å². The Morgan fingerprint density at radius 3 is 2.69 bits per heavy atom. The summed E-state index contributed by atoms with van der Waals surface area (Å²) in [5, 5.41) is 10.5. The van der Waals surface area contributed by atoms with E-state index in [4.69, 9.17) is 4.74 Å². The van der Waals surface area contributed by atoms with E-state index in [-0.39, 0.29) is 36.4 Å². The normalized spacial score (nSPS) is 18.3. The number of hydrogen-bond acceptors (Lipinski definition) is 5. The van der Waals surface area contributed by atoms with E-state index in [2.05, 4.69) is 15.7 Å². The molecule has 2 N–H and O–H groups in total. The highest BCUT2D eigenvalue weighted by molar-refractivity contribution is 5.95. The third-order valence-corrected chi connectivity index (χ3v) is 4.13. The van der Waals surface area contributed by atoms with E-state index >= 15 is 0 Å². The Hall–Kier alpha value is -1.60. The van der Waals surface area contributed by atoms with Crippen molar-refractivity contribution in [1.29, 1.82) is 0 Å². The van der Waals surface area contributed by atoms with Crippen LogP contribution in [0.25, 0.3) is 0 Å². The summed E-state index contributed by atoms with van der Waals surface area (Å²) < 4.78 is 7.10. The molecule has 1 saturated heterocycles. The van der Waals surface area contributed by atoms with Crippen LogP contribution in [0.15, 0.2) is 12.3 Å². The van der Waals surface area contributed by atoms with Gasteiger partial charge in [-0.25, -0.2) is 4.79 Å². The van der Waals surface area contributed by atoms with Crippen LogP contribution in [-0.2, 0) is 9.53 Å². The molecule has 2 atom stereocenters. The maximum atomic E-state index is 12.5. The predicted octanol–water partition coefficient (Wildman–Crippen LogP) is 2.33. The van der Waals surface area contributed by atoms with Crippen molar-refractivity contribution in [3.63, 3.8) is 0 Å². The van der Waals surface area contributed by atoms with Crippen LogP contribution >= 0.6 is 12.4 Å². The highest BCUT2D eigenvalue weighted by Gasteiger charge is 2.26. The predicted molar refractivity (Wildman–Crippen MR) is 103 cm³/mol. The molecule has 1 aliphatic rings. The smallest absolute Gasteiger partial charge is 0.328 e. The minimum atomic E-state index is -0.656. The first-order valence-electron chi connectivity index (χ1n) is 9.14. The van der Waals surface area contributed by atoms with E-state index in [1.54, 1.807) is 19.9 Å². The summed E-state index contributed by atoms with van der Waals surface area (Å²) in [4.78, 5) is 24.8. The first-order valence-corrected chi connectivity index (χ1v) is 9.14. The van der Waals surface area contributed by atoms with Crippen molar-refractivity contribution in [1.82, 2.24) is 20.4 Å². The third-order valence-electron chi connectivity index (χ3n) is 4.13. The topological polar surface area (TPSA) is 85.3 Å².